The van der Waals surface area contributed by atoms with Crippen molar-refractivity contribution >= 4 is 5.97 Å². The maximum atomic E-state index is 11.2. The van der Waals surface area contributed by atoms with Crippen LogP contribution in [0.2, 0.25) is 0 Å². The maximum absolute atomic E-state index is 11.2. The molecule has 100 valence electrons. The largest absolute Gasteiger partial charge is 0.496 e. The van der Waals surface area contributed by atoms with E-state index in [9.17, 15) is 9.90 Å². The molecule has 0 aliphatic heterocycles. The van der Waals surface area contributed by atoms with Gasteiger partial charge in [0.25, 0.3) is 0 Å². The fourth-order valence-electron chi connectivity index (χ4n) is 2.25. The summed E-state index contributed by atoms with van der Waals surface area (Å²) in [5, 5.41) is 12.8. The van der Waals surface area contributed by atoms with Crippen LogP contribution in [0.1, 0.15) is 27.4 Å². The van der Waals surface area contributed by atoms with Gasteiger partial charge in [-0.05, 0) is 38.0 Å². The predicted octanol–water partition coefficient (Wildman–Crippen LogP) is 2.97. The summed E-state index contributed by atoms with van der Waals surface area (Å²) in [6.45, 7) is 5.55. The van der Waals surface area contributed by atoms with Gasteiger partial charge >= 0.3 is 5.97 Å². The number of methoxy groups -OCH3 is 1. The van der Waals surface area contributed by atoms with Gasteiger partial charge in [-0.3, -0.25) is 0 Å². The molecule has 0 amide bonds. The average molecular weight is 261 g/mol. The number of benzene rings is 1. The smallest absolute Gasteiger partial charge is 0.358 e. The molecule has 2 rings (SSSR count). The zero-order valence-corrected chi connectivity index (χ0v) is 11.3. The quantitative estimate of drug-likeness (QED) is 0.919. The number of ether oxygens (including phenoxy) is 1. The van der Waals surface area contributed by atoms with Gasteiger partial charge in [0.2, 0.25) is 0 Å². The van der Waals surface area contributed by atoms with Gasteiger partial charge in [0.05, 0.1) is 12.7 Å². The van der Waals surface area contributed by atoms with Crippen LogP contribution in [-0.2, 0) is 0 Å². The molecule has 0 bridgehead atoms. The first kappa shape index (κ1) is 13.1. The lowest BCUT2D eigenvalue weighted by Crippen LogP contribution is -2.01. The van der Waals surface area contributed by atoms with Crippen molar-refractivity contribution in [2.24, 2.45) is 0 Å². The Balaban J connectivity index is 2.78. The Bertz CT molecular complexity index is 643. The molecule has 0 saturated heterocycles. The Labute approximate surface area is 110 Å². The van der Waals surface area contributed by atoms with E-state index in [4.69, 9.17) is 9.26 Å². The minimum atomic E-state index is -1.12. The molecule has 0 radical (unpaired) electrons. The van der Waals surface area contributed by atoms with Crippen LogP contribution in [0.25, 0.3) is 11.1 Å². The van der Waals surface area contributed by atoms with Crippen LogP contribution >= 0.6 is 0 Å². The fraction of sp³-hybridized carbons (Fsp3) is 0.286. The van der Waals surface area contributed by atoms with E-state index >= 15 is 0 Å². The number of carboxylic acids is 1. The summed E-state index contributed by atoms with van der Waals surface area (Å²) < 4.78 is 10.4. The summed E-state index contributed by atoms with van der Waals surface area (Å²) in [4.78, 5) is 11.2. The monoisotopic (exact) mass is 261 g/mol. The van der Waals surface area contributed by atoms with Crippen molar-refractivity contribution in [2.45, 2.75) is 20.8 Å². The van der Waals surface area contributed by atoms with Crippen molar-refractivity contribution in [2.75, 3.05) is 7.11 Å². The van der Waals surface area contributed by atoms with Crippen LogP contribution in [0.5, 0.6) is 5.75 Å². The molecule has 5 heteroatoms. The molecule has 0 spiro atoms. The highest BCUT2D eigenvalue weighted by atomic mass is 16.5. The molecule has 0 aliphatic carbocycles. The lowest BCUT2D eigenvalue weighted by molar-refractivity contribution is 0.0686. The Morgan fingerprint density at radius 2 is 2.00 bits per heavy atom. The number of aromatic carboxylic acids is 1. The van der Waals surface area contributed by atoms with E-state index in [0.29, 0.717) is 22.6 Å². The van der Waals surface area contributed by atoms with Crippen LogP contribution in [0.15, 0.2) is 16.7 Å². The highest BCUT2D eigenvalue weighted by molar-refractivity contribution is 5.95. The van der Waals surface area contributed by atoms with Crippen LogP contribution in [0, 0.1) is 20.8 Å². The van der Waals surface area contributed by atoms with Crippen molar-refractivity contribution in [1.29, 1.82) is 0 Å². The number of rotatable bonds is 3. The van der Waals surface area contributed by atoms with Crippen LogP contribution in [0.4, 0.5) is 0 Å². The van der Waals surface area contributed by atoms with Gasteiger partial charge in [0.1, 0.15) is 11.5 Å². The molecular weight excluding hydrogens is 246 g/mol. The fourth-order valence-corrected chi connectivity index (χ4v) is 2.25. The summed E-state index contributed by atoms with van der Waals surface area (Å²) in [6.07, 6.45) is 0. The lowest BCUT2D eigenvalue weighted by atomic mass is 9.97. The van der Waals surface area contributed by atoms with Gasteiger partial charge in [-0.15, -0.1) is 0 Å². The summed E-state index contributed by atoms with van der Waals surface area (Å²) in [6, 6.07) is 3.85. The third-order valence-corrected chi connectivity index (χ3v) is 2.96. The van der Waals surface area contributed by atoms with Gasteiger partial charge in [-0.1, -0.05) is 11.2 Å². The Kier molecular flexibility index (Phi) is 3.29. The molecule has 1 heterocycles. The maximum Gasteiger partial charge on any atom is 0.358 e. The van der Waals surface area contributed by atoms with Crippen LogP contribution < -0.4 is 4.74 Å². The Hall–Kier alpha value is -2.30. The van der Waals surface area contributed by atoms with E-state index in [-0.39, 0.29) is 5.69 Å². The minimum absolute atomic E-state index is 0.0965. The number of carboxylic acid groups (broad SMARTS) is 1. The molecule has 2 aromatic rings. The second-order valence-corrected chi connectivity index (χ2v) is 4.43. The van der Waals surface area contributed by atoms with Gasteiger partial charge in [-0.2, -0.15) is 0 Å². The third kappa shape index (κ3) is 2.19. The Morgan fingerprint density at radius 3 is 2.58 bits per heavy atom. The van der Waals surface area contributed by atoms with Gasteiger partial charge in [0.15, 0.2) is 5.69 Å². The van der Waals surface area contributed by atoms with Crippen LogP contribution in [-0.4, -0.2) is 23.3 Å². The van der Waals surface area contributed by atoms with E-state index in [1.54, 1.807) is 14.0 Å². The lowest BCUT2D eigenvalue weighted by Gasteiger charge is -2.12. The molecule has 0 aliphatic rings. The number of hydrogen-bond acceptors (Lipinski definition) is 4. The number of nitrogens with zero attached hydrogens (tertiary/aromatic N) is 1. The zero-order valence-electron chi connectivity index (χ0n) is 11.3. The number of aromatic nitrogens is 1. The molecule has 1 N–H and O–H groups in total. The molecule has 0 saturated carbocycles. The zero-order chi connectivity index (χ0) is 14.2. The van der Waals surface area contributed by atoms with Crippen LogP contribution in [0.3, 0.4) is 0 Å². The van der Waals surface area contributed by atoms with Crippen molar-refractivity contribution in [3.63, 3.8) is 0 Å². The molecule has 0 fully saturated rings. The third-order valence-electron chi connectivity index (χ3n) is 2.96. The predicted molar refractivity (Wildman–Crippen MR) is 69.7 cm³/mol. The molecule has 1 aromatic carbocycles. The number of aryl methyl sites for hydroxylation is 3. The van der Waals surface area contributed by atoms with E-state index in [1.807, 2.05) is 26.0 Å². The molecule has 19 heavy (non-hydrogen) atoms. The minimum Gasteiger partial charge on any atom is -0.496 e. The van der Waals surface area contributed by atoms with E-state index in [1.165, 1.54) is 0 Å². The first-order chi connectivity index (χ1) is 8.95. The van der Waals surface area contributed by atoms with Gasteiger partial charge < -0.3 is 14.4 Å². The van der Waals surface area contributed by atoms with E-state index < -0.39 is 5.97 Å². The summed E-state index contributed by atoms with van der Waals surface area (Å²) in [7, 11) is 1.56. The molecular formula is C14H15NO4. The number of carbonyl (C=O) groups is 1. The number of hydrogen-bond donors (Lipinski definition) is 1. The first-order valence-corrected chi connectivity index (χ1v) is 5.81. The second kappa shape index (κ2) is 4.76. The highest BCUT2D eigenvalue weighted by Crippen LogP contribution is 2.37. The SMILES string of the molecule is COc1c(C)cc(C)cc1-c1c(C(=O)O)noc1C. The molecule has 5 nitrogen and oxygen atoms in total. The van der Waals surface area contributed by atoms with Gasteiger partial charge in [0, 0.05) is 5.56 Å². The summed E-state index contributed by atoms with van der Waals surface area (Å²) in [5.74, 6) is -0.0202. The van der Waals surface area contributed by atoms with Gasteiger partial charge in [-0.25, -0.2) is 4.79 Å². The van der Waals surface area contributed by atoms with Crippen molar-refractivity contribution in [1.82, 2.24) is 5.16 Å². The normalized spacial score (nSPS) is 10.5. The standard InChI is InChI=1S/C14H15NO4/c1-7-5-8(2)13(18-4)10(6-7)11-9(3)19-15-12(11)14(16)17/h5-6H,1-4H3,(H,16,17). The Morgan fingerprint density at radius 1 is 1.32 bits per heavy atom. The molecule has 0 unspecified atom stereocenters. The van der Waals surface area contributed by atoms with E-state index in [0.717, 1.165) is 11.1 Å². The van der Waals surface area contributed by atoms with Crippen molar-refractivity contribution < 1.29 is 19.2 Å². The average Bonchev–Trinajstić information content (AvgIpc) is 2.70. The second-order valence-electron chi connectivity index (χ2n) is 4.43. The highest BCUT2D eigenvalue weighted by Gasteiger charge is 2.24. The molecule has 1 aromatic heterocycles. The van der Waals surface area contributed by atoms with E-state index in [2.05, 4.69) is 5.16 Å². The first-order valence-electron chi connectivity index (χ1n) is 5.81. The van der Waals surface area contributed by atoms with Crippen molar-refractivity contribution in [3.05, 3.63) is 34.7 Å². The molecule has 0 atom stereocenters. The summed E-state index contributed by atoms with van der Waals surface area (Å²) in [5.41, 5.74) is 3.02. The van der Waals surface area contributed by atoms with Crippen molar-refractivity contribution in [3.8, 4) is 16.9 Å². The summed E-state index contributed by atoms with van der Waals surface area (Å²) >= 11 is 0. The topological polar surface area (TPSA) is 72.6 Å².